The summed E-state index contributed by atoms with van der Waals surface area (Å²) >= 11 is 0. The number of nitrogens with zero attached hydrogens (tertiary/aromatic N) is 1. The first-order valence-corrected chi connectivity index (χ1v) is 7.73. The quantitative estimate of drug-likeness (QED) is 0.804. The lowest BCUT2D eigenvalue weighted by molar-refractivity contribution is -0.142. The number of carboxylic acid groups (broad SMARTS) is 1. The minimum atomic E-state index is -0.800. The van der Waals surface area contributed by atoms with Crippen molar-refractivity contribution in [2.24, 2.45) is 11.8 Å². The summed E-state index contributed by atoms with van der Waals surface area (Å²) in [5, 5.41) is 9.37. The molecule has 1 N–H and O–H groups in total. The van der Waals surface area contributed by atoms with Crippen LogP contribution in [0.4, 0.5) is 0 Å². The fourth-order valence-electron chi connectivity index (χ4n) is 2.99. The number of amides is 1. The first-order valence-electron chi connectivity index (χ1n) is 7.73. The summed E-state index contributed by atoms with van der Waals surface area (Å²) in [7, 11) is 3.66. The smallest absolute Gasteiger partial charge is 0.308 e. The van der Waals surface area contributed by atoms with Gasteiger partial charge in [-0.25, -0.2) is 0 Å². The molecule has 1 fully saturated rings. The Labute approximate surface area is 131 Å². The highest BCUT2D eigenvalue weighted by atomic mass is 16.5. The number of rotatable bonds is 6. The second-order valence-corrected chi connectivity index (χ2v) is 5.79. The highest BCUT2D eigenvalue weighted by molar-refractivity contribution is 6.08. The van der Waals surface area contributed by atoms with Crippen LogP contribution < -0.4 is 4.74 Å². The maximum atomic E-state index is 12.5. The standard InChI is InChI=1S/C16H22BNO4/c1-22-13-6-4-11(5-7-13)15(19)18-9-12(3-2-8-17)14(10-18)16(20)21/h4-7,12,14H,2-3,8-10,17H2,1H3,(H,20,21)/t12-,14+/m0/s1. The van der Waals surface area contributed by atoms with Gasteiger partial charge in [0, 0.05) is 18.7 Å². The number of hydrogen-bond acceptors (Lipinski definition) is 3. The van der Waals surface area contributed by atoms with Gasteiger partial charge in [-0.15, -0.1) is 0 Å². The van der Waals surface area contributed by atoms with Crippen LogP contribution in [0.2, 0.25) is 6.32 Å². The van der Waals surface area contributed by atoms with Gasteiger partial charge in [0.15, 0.2) is 0 Å². The second-order valence-electron chi connectivity index (χ2n) is 5.79. The van der Waals surface area contributed by atoms with Gasteiger partial charge in [0.1, 0.15) is 13.6 Å². The van der Waals surface area contributed by atoms with Crippen LogP contribution in [-0.4, -0.2) is 49.9 Å². The molecule has 0 bridgehead atoms. The van der Waals surface area contributed by atoms with Crippen molar-refractivity contribution in [2.75, 3.05) is 20.2 Å². The summed E-state index contributed by atoms with van der Waals surface area (Å²) in [5.74, 6) is -0.602. The van der Waals surface area contributed by atoms with Crippen molar-refractivity contribution in [2.45, 2.75) is 19.2 Å². The maximum absolute atomic E-state index is 12.5. The molecule has 1 saturated heterocycles. The molecule has 2 rings (SSSR count). The summed E-state index contributed by atoms with van der Waals surface area (Å²) in [5.41, 5.74) is 0.570. The molecule has 6 heteroatoms. The number of methoxy groups -OCH3 is 1. The molecular weight excluding hydrogens is 281 g/mol. The highest BCUT2D eigenvalue weighted by Crippen LogP contribution is 2.29. The van der Waals surface area contributed by atoms with Crippen LogP contribution in [0.3, 0.4) is 0 Å². The molecule has 0 spiro atoms. The predicted molar refractivity (Wildman–Crippen MR) is 86.1 cm³/mol. The van der Waals surface area contributed by atoms with E-state index >= 15 is 0 Å². The van der Waals surface area contributed by atoms with Crippen molar-refractivity contribution in [1.29, 1.82) is 0 Å². The van der Waals surface area contributed by atoms with E-state index in [9.17, 15) is 14.7 Å². The fourth-order valence-corrected chi connectivity index (χ4v) is 2.99. The van der Waals surface area contributed by atoms with Crippen molar-refractivity contribution in [3.8, 4) is 5.75 Å². The molecule has 1 aromatic rings. The van der Waals surface area contributed by atoms with Gasteiger partial charge in [-0.2, -0.15) is 0 Å². The Morgan fingerprint density at radius 2 is 2.00 bits per heavy atom. The Bertz CT molecular complexity index is 531. The van der Waals surface area contributed by atoms with Gasteiger partial charge in [0.05, 0.1) is 13.0 Å². The van der Waals surface area contributed by atoms with Gasteiger partial charge in [-0.05, 0) is 36.6 Å². The molecular formula is C16H22BNO4. The monoisotopic (exact) mass is 303 g/mol. The zero-order valence-corrected chi connectivity index (χ0v) is 13.1. The van der Waals surface area contributed by atoms with Crippen LogP contribution in [0.1, 0.15) is 23.2 Å². The molecule has 0 radical (unpaired) electrons. The largest absolute Gasteiger partial charge is 0.497 e. The molecule has 118 valence electrons. The van der Waals surface area contributed by atoms with Crippen molar-refractivity contribution < 1.29 is 19.4 Å². The third-order valence-electron chi connectivity index (χ3n) is 4.31. The molecule has 1 aromatic carbocycles. The molecule has 0 unspecified atom stereocenters. The molecule has 22 heavy (non-hydrogen) atoms. The van der Waals surface area contributed by atoms with Gasteiger partial charge in [0.2, 0.25) is 0 Å². The average Bonchev–Trinajstić information content (AvgIpc) is 2.96. The minimum Gasteiger partial charge on any atom is -0.497 e. The highest BCUT2D eigenvalue weighted by Gasteiger charge is 2.39. The Balaban J connectivity index is 2.07. The number of benzene rings is 1. The van der Waals surface area contributed by atoms with Gasteiger partial charge in [-0.1, -0.05) is 12.7 Å². The Kier molecular flexibility index (Phi) is 5.47. The number of carbonyl (C=O) groups is 2. The van der Waals surface area contributed by atoms with Crippen molar-refractivity contribution in [1.82, 2.24) is 4.90 Å². The van der Waals surface area contributed by atoms with E-state index < -0.39 is 11.9 Å². The fraction of sp³-hybridized carbons (Fsp3) is 0.500. The van der Waals surface area contributed by atoms with Crippen LogP contribution in [0.15, 0.2) is 24.3 Å². The van der Waals surface area contributed by atoms with E-state index in [1.165, 1.54) is 0 Å². The lowest BCUT2D eigenvalue weighted by Gasteiger charge is -2.16. The molecule has 1 aliphatic heterocycles. The van der Waals surface area contributed by atoms with Crippen molar-refractivity contribution in [3.63, 3.8) is 0 Å². The third kappa shape index (κ3) is 3.61. The topological polar surface area (TPSA) is 66.8 Å². The van der Waals surface area contributed by atoms with Gasteiger partial charge in [-0.3, -0.25) is 9.59 Å². The Morgan fingerprint density at radius 1 is 1.32 bits per heavy atom. The van der Waals surface area contributed by atoms with E-state index in [1.807, 2.05) is 0 Å². The number of carboxylic acids is 1. The van der Waals surface area contributed by atoms with Crippen LogP contribution in [0.5, 0.6) is 5.75 Å². The first kappa shape index (κ1) is 16.4. The van der Waals surface area contributed by atoms with Crippen LogP contribution in [0, 0.1) is 11.8 Å². The summed E-state index contributed by atoms with van der Waals surface area (Å²) in [6.45, 7) is 0.830. The SMILES string of the molecule is BCCC[C@H]1CN(C(=O)c2ccc(OC)cc2)C[C@H]1C(=O)O. The molecule has 5 nitrogen and oxygen atoms in total. The van der Waals surface area contributed by atoms with Crippen LogP contribution >= 0.6 is 0 Å². The minimum absolute atomic E-state index is 0.0552. The zero-order chi connectivity index (χ0) is 16.1. The average molecular weight is 303 g/mol. The number of ether oxygens (including phenoxy) is 1. The maximum Gasteiger partial charge on any atom is 0.308 e. The molecule has 1 aliphatic rings. The molecule has 0 saturated carbocycles. The molecule has 0 aromatic heterocycles. The summed E-state index contributed by atoms with van der Waals surface area (Å²) in [4.78, 5) is 25.6. The van der Waals surface area contributed by atoms with E-state index in [0.717, 1.165) is 19.2 Å². The second kappa shape index (κ2) is 7.34. The van der Waals surface area contributed by atoms with Crippen molar-refractivity contribution in [3.05, 3.63) is 29.8 Å². The lowest BCUT2D eigenvalue weighted by Crippen LogP contribution is -2.29. The number of hydrogen-bond donors (Lipinski definition) is 1. The molecule has 1 heterocycles. The number of aliphatic carboxylic acids is 1. The number of likely N-dealkylation sites (tertiary alicyclic amines) is 1. The van der Waals surface area contributed by atoms with Gasteiger partial charge >= 0.3 is 5.97 Å². The van der Waals surface area contributed by atoms with E-state index in [0.29, 0.717) is 24.4 Å². The normalized spacial score (nSPS) is 20.9. The van der Waals surface area contributed by atoms with Crippen LogP contribution in [-0.2, 0) is 4.79 Å². The van der Waals surface area contributed by atoms with Crippen LogP contribution in [0.25, 0.3) is 0 Å². The first-order chi connectivity index (χ1) is 10.6. The van der Waals surface area contributed by atoms with E-state index in [2.05, 4.69) is 7.85 Å². The zero-order valence-electron chi connectivity index (χ0n) is 13.1. The van der Waals surface area contributed by atoms with Gasteiger partial charge in [0.25, 0.3) is 5.91 Å². The Morgan fingerprint density at radius 3 is 2.55 bits per heavy atom. The lowest BCUT2D eigenvalue weighted by atomic mass is 9.88. The van der Waals surface area contributed by atoms with E-state index in [1.54, 1.807) is 36.3 Å². The Hall–Kier alpha value is -1.98. The summed E-state index contributed by atoms with van der Waals surface area (Å²) in [6.07, 6.45) is 2.90. The predicted octanol–water partition coefficient (Wildman–Crippen LogP) is 1.30. The molecule has 2 atom stereocenters. The molecule has 0 aliphatic carbocycles. The van der Waals surface area contributed by atoms with Crippen molar-refractivity contribution >= 4 is 19.7 Å². The molecule has 1 amide bonds. The van der Waals surface area contributed by atoms with E-state index in [-0.39, 0.29) is 11.8 Å². The number of carbonyl (C=O) groups excluding carboxylic acids is 1. The summed E-state index contributed by atoms with van der Waals surface area (Å²) in [6, 6.07) is 6.92. The third-order valence-corrected chi connectivity index (χ3v) is 4.31. The summed E-state index contributed by atoms with van der Waals surface area (Å²) < 4.78 is 5.08. The van der Waals surface area contributed by atoms with E-state index in [4.69, 9.17) is 4.74 Å². The van der Waals surface area contributed by atoms with Gasteiger partial charge < -0.3 is 14.7 Å².